The molecule has 1 unspecified atom stereocenters. The van der Waals surface area contributed by atoms with Gasteiger partial charge in [0.1, 0.15) is 5.75 Å². The monoisotopic (exact) mass is 390 g/mol. The third-order valence-electron chi connectivity index (χ3n) is 4.13. The zero-order valence-corrected chi connectivity index (χ0v) is 14.7. The van der Waals surface area contributed by atoms with Crippen molar-refractivity contribution in [2.24, 2.45) is 0 Å². The Balaban J connectivity index is 2.10. The summed E-state index contributed by atoms with van der Waals surface area (Å²) in [5.74, 6) is -4.41. The Labute approximate surface area is 154 Å². The van der Waals surface area contributed by atoms with E-state index in [4.69, 9.17) is 0 Å². The van der Waals surface area contributed by atoms with Crippen molar-refractivity contribution in [1.29, 1.82) is 0 Å². The van der Waals surface area contributed by atoms with Gasteiger partial charge < -0.3 is 4.74 Å². The van der Waals surface area contributed by atoms with Crippen LogP contribution in [0.4, 0.5) is 26.3 Å². The summed E-state index contributed by atoms with van der Waals surface area (Å²) in [4.78, 5) is 0. The van der Waals surface area contributed by atoms with Crippen LogP contribution in [0.2, 0.25) is 0 Å². The first-order chi connectivity index (χ1) is 12.6. The quantitative estimate of drug-likeness (QED) is 0.344. The zero-order valence-electron chi connectivity index (χ0n) is 14.7. The molecule has 2 aromatic carbocycles. The van der Waals surface area contributed by atoms with Crippen molar-refractivity contribution in [3.8, 4) is 5.75 Å². The summed E-state index contributed by atoms with van der Waals surface area (Å²) in [5, 5.41) is 0. The fraction of sp³-hybridized carbons (Fsp3) is 0.400. The molecular weight excluding hydrogens is 370 g/mol. The lowest BCUT2D eigenvalue weighted by Gasteiger charge is -2.22. The number of hydrogen-bond acceptors (Lipinski definition) is 1. The van der Waals surface area contributed by atoms with Crippen molar-refractivity contribution in [2.75, 3.05) is 0 Å². The van der Waals surface area contributed by atoms with Gasteiger partial charge in [-0.1, -0.05) is 56.2 Å². The second-order valence-corrected chi connectivity index (χ2v) is 6.26. The molecule has 2 aromatic rings. The molecule has 0 radical (unpaired) electrons. The predicted octanol–water partition coefficient (Wildman–Crippen LogP) is 7.12. The minimum absolute atomic E-state index is 0.429. The average molecular weight is 390 g/mol. The van der Waals surface area contributed by atoms with Gasteiger partial charge in [-0.3, -0.25) is 0 Å². The Morgan fingerprint density at radius 3 is 1.96 bits per heavy atom. The number of ether oxygens (including phenoxy) is 1. The standard InChI is InChI=1S/C20H20F6O/c1-2-3-4-5-14-6-10-16(11-7-14)19(22,23)18(21)15-8-12-17(13-9-15)27-20(24,25)26/h6-13,18H,2-5H2,1H3. The maximum absolute atomic E-state index is 14.5. The van der Waals surface area contributed by atoms with Gasteiger partial charge in [-0.15, -0.1) is 13.2 Å². The van der Waals surface area contributed by atoms with Crippen LogP contribution in [0.25, 0.3) is 0 Å². The van der Waals surface area contributed by atoms with Crippen LogP contribution in [-0.2, 0) is 12.3 Å². The van der Waals surface area contributed by atoms with Gasteiger partial charge in [0, 0.05) is 5.56 Å². The summed E-state index contributed by atoms with van der Waals surface area (Å²) in [7, 11) is 0. The van der Waals surface area contributed by atoms with Crippen molar-refractivity contribution in [1.82, 2.24) is 0 Å². The lowest BCUT2D eigenvalue weighted by Crippen LogP contribution is -2.21. The molecule has 0 saturated carbocycles. The summed E-state index contributed by atoms with van der Waals surface area (Å²) in [6.45, 7) is 2.06. The molecule has 0 bridgehead atoms. The molecule has 0 fully saturated rings. The summed E-state index contributed by atoms with van der Waals surface area (Å²) < 4.78 is 83.3. The molecule has 0 saturated heterocycles. The van der Waals surface area contributed by atoms with Crippen LogP contribution in [-0.4, -0.2) is 6.36 Å². The third-order valence-corrected chi connectivity index (χ3v) is 4.13. The average Bonchev–Trinajstić information content (AvgIpc) is 2.61. The fourth-order valence-electron chi connectivity index (χ4n) is 2.67. The van der Waals surface area contributed by atoms with E-state index in [2.05, 4.69) is 11.7 Å². The number of rotatable bonds is 8. The maximum atomic E-state index is 14.5. The minimum atomic E-state index is -4.90. The van der Waals surface area contributed by atoms with Crippen molar-refractivity contribution in [2.45, 2.75) is 51.1 Å². The number of hydrogen-bond donors (Lipinski definition) is 0. The fourth-order valence-corrected chi connectivity index (χ4v) is 2.67. The molecule has 0 heterocycles. The molecule has 0 amide bonds. The second-order valence-electron chi connectivity index (χ2n) is 6.26. The van der Waals surface area contributed by atoms with E-state index in [-0.39, 0.29) is 0 Å². The highest BCUT2D eigenvalue weighted by Crippen LogP contribution is 2.43. The molecule has 27 heavy (non-hydrogen) atoms. The first kappa shape index (κ1) is 21.1. The third kappa shape index (κ3) is 5.91. The van der Waals surface area contributed by atoms with E-state index >= 15 is 0 Å². The summed E-state index contributed by atoms with van der Waals surface area (Å²) >= 11 is 0. The van der Waals surface area contributed by atoms with E-state index in [0.29, 0.717) is 0 Å². The van der Waals surface area contributed by atoms with Gasteiger partial charge in [0.15, 0.2) is 6.17 Å². The molecule has 0 aliphatic carbocycles. The van der Waals surface area contributed by atoms with Crippen LogP contribution < -0.4 is 4.74 Å². The lowest BCUT2D eigenvalue weighted by atomic mass is 9.96. The Morgan fingerprint density at radius 2 is 1.44 bits per heavy atom. The van der Waals surface area contributed by atoms with E-state index in [1.54, 1.807) is 12.1 Å². The molecule has 0 aliphatic heterocycles. The molecule has 0 aliphatic rings. The van der Waals surface area contributed by atoms with Crippen LogP contribution in [0, 0.1) is 0 Å². The molecule has 7 heteroatoms. The number of aryl methyl sites for hydroxylation is 1. The van der Waals surface area contributed by atoms with Crippen molar-refractivity contribution in [3.05, 3.63) is 65.2 Å². The predicted molar refractivity (Wildman–Crippen MR) is 90.5 cm³/mol. The number of benzene rings is 2. The molecule has 0 aromatic heterocycles. The van der Waals surface area contributed by atoms with Crippen LogP contribution in [0.5, 0.6) is 5.75 Å². The Kier molecular flexibility index (Phi) is 6.78. The zero-order chi connectivity index (χ0) is 20.1. The van der Waals surface area contributed by atoms with E-state index < -0.39 is 35.3 Å². The normalized spacial score (nSPS) is 13.4. The van der Waals surface area contributed by atoms with Gasteiger partial charge in [-0.25, -0.2) is 4.39 Å². The first-order valence-corrected chi connectivity index (χ1v) is 8.60. The molecule has 148 valence electrons. The topological polar surface area (TPSA) is 9.23 Å². The van der Waals surface area contributed by atoms with E-state index in [0.717, 1.165) is 55.5 Å². The van der Waals surface area contributed by atoms with Gasteiger partial charge in [-0.05, 0) is 36.1 Å². The number of halogens is 6. The summed E-state index contributed by atoms with van der Waals surface area (Å²) in [6.07, 6.45) is -3.79. The smallest absolute Gasteiger partial charge is 0.406 e. The van der Waals surface area contributed by atoms with Crippen molar-refractivity contribution in [3.63, 3.8) is 0 Å². The van der Waals surface area contributed by atoms with Gasteiger partial charge in [-0.2, -0.15) is 8.78 Å². The van der Waals surface area contributed by atoms with Crippen LogP contribution >= 0.6 is 0 Å². The summed E-state index contributed by atoms with van der Waals surface area (Å²) in [6, 6.07) is 8.81. The van der Waals surface area contributed by atoms with Crippen molar-refractivity contribution >= 4 is 0 Å². The molecule has 2 rings (SSSR count). The van der Waals surface area contributed by atoms with Gasteiger partial charge in [0.2, 0.25) is 0 Å². The SMILES string of the molecule is CCCCCc1ccc(C(F)(F)C(F)c2ccc(OC(F)(F)F)cc2)cc1. The van der Waals surface area contributed by atoms with E-state index in [9.17, 15) is 26.3 Å². The Morgan fingerprint density at radius 1 is 0.852 bits per heavy atom. The molecule has 0 N–H and O–H groups in total. The van der Waals surface area contributed by atoms with Crippen LogP contribution in [0.3, 0.4) is 0 Å². The van der Waals surface area contributed by atoms with Gasteiger partial charge >= 0.3 is 12.3 Å². The number of unbranched alkanes of at least 4 members (excludes halogenated alkanes) is 2. The second kappa shape index (κ2) is 8.67. The number of alkyl halides is 6. The Hall–Kier alpha value is -2.18. The minimum Gasteiger partial charge on any atom is -0.406 e. The van der Waals surface area contributed by atoms with Crippen molar-refractivity contribution < 1.29 is 31.1 Å². The van der Waals surface area contributed by atoms with E-state index in [1.807, 2.05) is 0 Å². The molecule has 0 spiro atoms. The highest BCUT2D eigenvalue weighted by Gasteiger charge is 2.43. The van der Waals surface area contributed by atoms with Gasteiger partial charge in [0.05, 0.1) is 0 Å². The highest BCUT2D eigenvalue weighted by molar-refractivity contribution is 5.33. The van der Waals surface area contributed by atoms with E-state index in [1.165, 1.54) is 12.1 Å². The molecular formula is C20H20F6O. The van der Waals surface area contributed by atoms with Crippen LogP contribution in [0.1, 0.15) is 49.0 Å². The first-order valence-electron chi connectivity index (χ1n) is 8.60. The van der Waals surface area contributed by atoms with Crippen LogP contribution in [0.15, 0.2) is 48.5 Å². The molecule has 1 nitrogen and oxygen atoms in total. The summed E-state index contributed by atoms with van der Waals surface area (Å²) in [5.41, 5.74) is -0.0153. The lowest BCUT2D eigenvalue weighted by molar-refractivity contribution is -0.274. The maximum Gasteiger partial charge on any atom is 0.573 e. The largest absolute Gasteiger partial charge is 0.573 e. The highest BCUT2D eigenvalue weighted by atomic mass is 19.4. The Bertz CT molecular complexity index is 707. The van der Waals surface area contributed by atoms with Gasteiger partial charge in [0.25, 0.3) is 0 Å². The molecule has 1 atom stereocenters.